The van der Waals surface area contributed by atoms with E-state index in [0.29, 0.717) is 0 Å². The number of hydrogen-bond acceptors (Lipinski definition) is 3. The average Bonchev–Trinajstić information content (AvgIpc) is 3.44. The van der Waals surface area contributed by atoms with Crippen LogP contribution in [0.5, 0.6) is 5.75 Å². The van der Waals surface area contributed by atoms with E-state index in [2.05, 4.69) is 4.74 Å². The van der Waals surface area contributed by atoms with E-state index in [4.69, 9.17) is 4.74 Å². The Kier molecular flexibility index (Phi) is 5.32. The van der Waals surface area contributed by atoms with Crippen LogP contribution >= 0.6 is 0 Å². The van der Waals surface area contributed by atoms with Gasteiger partial charge in [0.15, 0.2) is 0 Å². The van der Waals surface area contributed by atoms with Crippen LogP contribution in [0.3, 0.4) is 0 Å². The minimum absolute atomic E-state index is 0.118. The lowest BCUT2D eigenvalue weighted by Gasteiger charge is -2.22. The normalized spacial score (nSPS) is 19.2. The lowest BCUT2D eigenvalue weighted by atomic mass is 9.92. The zero-order chi connectivity index (χ0) is 23.3. The Labute approximate surface area is 177 Å². The van der Waals surface area contributed by atoms with Crippen LogP contribution in [0.25, 0.3) is 5.69 Å². The molecule has 0 saturated carbocycles. The van der Waals surface area contributed by atoms with Crippen LogP contribution in [-0.2, 0) is 10.3 Å². The topological polar surface area (TPSA) is 48.7 Å². The van der Waals surface area contributed by atoms with Gasteiger partial charge in [-0.05, 0) is 37.3 Å². The van der Waals surface area contributed by atoms with Crippen molar-refractivity contribution in [3.63, 3.8) is 0 Å². The first kappa shape index (κ1) is 22.0. The van der Waals surface area contributed by atoms with Crippen LogP contribution in [0.15, 0.2) is 59.7 Å². The highest BCUT2D eigenvalue weighted by Crippen LogP contribution is 2.48. The van der Waals surface area contributed by atoms with Crippen LogP contribution in [0, 0.1) is 11.6 Å². The summed E-state index contributed by atoms with van der Waals surface area (Å²) in [5, 5.41) is 0. The molecule has 170 valence electrons. The molecule has 3 aromatic rings. The maximum Gasteiger partial charge on any atom is 0.461 e. The largest absolute Gasteiger partial charge is 0.461 e. The van der Waals surface area contributed by atoms with Gasteiger partial charge in [0.25, 0.3) is 0 Å². The highest BCUT2D eigenvalue weighted by Gasteiger charge is 2.54. The second kappa shape index (κ2) is 7.73. The molecule has 2 aromatic carbocycles. The quantitative estimate of drug-likeness (QED) is 0.383. The number of ether oxygens (including phenoxy) is 2. The van der Waals surface area contributed by atoms with Crippen LogP contribution in [-0.4, -0.2) is 28.3 Å². The molecule has 5 nitrogen and oxygen atoms in total. The number of nitrogens with zero attached hydrogens (tertiary/aromatic N) is 2. The van der Waals surface area contributed by atoms with Crippen LogP contribution in [0.2, 0.25) is 0 Å². The molecule has 1 aromatic heterocycles. The van der Waals surface area contributed by atoms with E-state index in [1.54, 1.807) is 6.92 Å². The van der Waals surface area contributed by atoms with E-state index in [0.717, 1.165) is 24.3 Å². The van der Waals surface area contributed by atoms with Gasteiger partial charge in [-0.1, -0.05) is 6.07 Å². The smallest absolute Gasteiger partial charge is 0.428 e. The van der Waals surface area contributed by atoms with Gasteiger partial charge >= 0.3 is 18.2 Å². The minimum Gasteiger partial charge on any atom is -0.428 e. The molecule has 2 atom stereocenters. The summed E-state index contributed by atoms with van der Waals surface area (Å²) in [6.07, 6.45) is -5.80. The fourth-order valence-electron chi connectivity index (χ4n) is 3.51. The Bertz CT molecular complexity index is 1180. The van der Waals surface area contributed by atoms with Gasteiger partial charge in [-0.3, -0.25) is 9.13 Å². The average molecular weight is 458 g/mol. The lowest BCUT2D eigenvalue weighted by molar-refractivity contribution is -0.253. The summed E-state index contributed by atoms with van der Waals surface area (Å²) in [5.41, 5.74) is -1.31. The van der Waals surface area contributed by atoms with Crippen LogP contribution in [0.1, 0.15) is 18.5 Å². The van der Waals surface area contributed by atoms with Crippen molar-refractivity contribution in [3.8, 4) is 11.4 Å². The summed E-state index contributed by atoms with van der Waals surface area (Å²) in [7, 11) is 0. The summed E-state index contributed by atoms with van der Waals surface area (Å²) in [4.78, 5) is 12.9. The number of alkyl halides is 4. The standard InChI is InChI=1S/C21H16F6N2O3/c1-12(20(11-31-20)16-7-2-13(22)10-17(16)23)28-8-9-29(19(28)30)14-3-5-15(6-4-14)32-21(26,27)18(24)25/h2-10,12,18H,11H2,1H3/t12-,20-/m1/s1. The first-order chi connectivity index (χ1) is 15.0. The van der Waals surface area contributed by atoms with Crippen molar-refractivity contribution in [2.24, 2.45) is 0 Å². The number of hydrogen-bond donors (Lipinski definition) is 0. The van der Waals surface area contributed by atoms with Gasteiger partial charge in [0.2, 0.25) is 0 Å². The molecule has 0 radical (unpaired) electrons. The Morgan fingerprint density at radius 3 is 2.31 bits per heavy atom. The Morgan fingerprint density at radius 2 is 1.75 bits per heavy atom. The molecule has 1 aliphatic heterocycles. The Morgan fingerprint density at radius 1 is 1.09 bits per heavy atom. The van der Waals surface area contributed by atoms with Gasteiger partial charge in [0.1, 0.15) is 23.0 Å². The highest BCUT2D eigenvalue weighted by atomic mass is 19.3. The molecule has 0 N–H and O–H groups in total. The van der Waals surface area contributed by atoms with Gasteiger partial charge in [0.05, 0.1) is 18.3 Å². The van der Waals surface area contributed by atoms with Crippen molar-refractivity contribution >= 4 is 0 Å². The zero-order valence-corrected chi connectivity index (χ0v) is 16.4. The number of halogens is 6. The molecule has 1 saturated heterocycles. The van der Waals surface area contributed by atoms with Crippen molar-refractivity contribution in [1.29, 1.82) is 0 Å². The molecule has 4 rings (SSSR count). The molecule has 0 aliphatic carbocycles. The van der Waals surface area contributed by atoms with Crippen LogP contribution < -0.4 is 10.4 Å². The highest BCUT2D eigenvalue weighted by molar-refractivity contribution is 5.38. The third-order valence-corrected chi connectivity index (χ3v) is 5.36. The maximum atomic E-state index is 14.3. The first-order valence-corrected chi connectivity index (χ1v) is 9.39. The number of aromatic nitrogens is 2. The molecule has 0 unspecified atom stereocenters. The number of benzene rings is 2. The van der Waals surface area contributed by atoms with Crippen molar-refractivity contribution in [2.75, 3.05) is 6.61 Å². The van der Waals surface area contributed by atoms with E-state index in [9.17, 15) is 31.1 Å². The van der Waals surface area contributed by atoms with E-state index < -0.39 is 47.3 Å². The second-order valence-electron chi connectivity index (χ2n) is 7.29. The maximum absolute atomic E-state index is 14.3. The molecule has 11 heteroatoms. The van der Waals surface area contributed by atoms with Crippen molar-refractivity contribution in [2.45, 2.75) is 31.1 Å². The minimum atomic E-state index is -4.65. The summed E-state index contributed by atoms with van der Waals surface area (Å²) >= 11 is 0. The number of imidazole rings is 1. The SMILES string of the molecule is C[C@@H](n1ccn(-c2ccc(OC(F)(F)C(F)F)cc2)c1=O)[C@@]1(c2ccc(F)cc2F)CO1. The van der Waals surface area contributed by atoms with E-state index in [1.165, 1.54) is 39.7 Å². The molecule has 1 aliphatic rings. The van der Waals surface area contributed by atoms with Crippen LogP contribution in [0.4, 0.5) is 26.3 Å². The van der Waals surface area contributed by atoms with Gasteiger partial charge in [-0.25, -0.2) is 13.6 Å². The molecular weight excluding hydrogens is 442 g/mol. The summed E-state index contributed by atoms with van der Waals surface area (Å²) in [6.45, 7) is 1.77. The summed E-state index contributed by atoms with van der Waals surface area (Å²) in [5.74, 6) is -2.04. The molecule has 0 spiro atoms. The molecule has 32 heavy (non-hydrogen) atoms. The Balaban J connectivity index is 1.59. The van der Waals surface area contributed by atoms with Gasteiger partial charge in [-0.2, -0.15) is 17.6 Å². The van der Waals surface area contributed by atoms with E-state index in [1.807, 2.05) is 0 Å². The van der Waals surface area contributed by atoms with Gasteiger partial charge < -0.3 is 9.47 Å². The van der Waals surface area contributed by atoms with E-state index in [-0.39, 0.29) is 17.9 Å². The van der Waals surface area contributed by atoms with Gasteiger partial charge in [0, 0.05) is 24.0 Å². The predicted octanol–water partition coefficient (Wildman–Crippen LogP) is 4.64. The van der Waals surface area contributed by atoms with E-state index >= 15 is 0 Å². The first-order valence-electron chi connectivity index (χ1n) is 9.39. The van der Waals surface area contributed by atoms with Crippen molar-refractivity contribution < 1.29 is 35.8 Å². The van der Waals surface area contributed by atoms with Crippen molar-refractivity contribution in [1.82, 2.24) is 9.13 Å². The summed E-state index contributed by atoms with van der Waals surface area (Å²) < 4.78 is 90.1. The molecular formula is C21H16F6N2O3. The number of rotatable bonds is 7. The summed E-state index contributed by atoms with van der Waals surface area (Å²) in [6, 6.07) is 6.99. The fourth-order valence-corrected chi connectivity index (χ4v) is 3.51. The monoisotopic (exact) mass is 458 g/mol. The Hall–Kier alpha value is -3.21. The lowest BCUT2D eigenvalue weighted by Crippen LogP contribution is -2.33. The molecule has 0 amide bonds. The zero-order valence-electron chi connectivity index (χ0n) is 16.4. The fraction of sp³-hybridized carbons (Fsp3) is 0.286. The molecule has 0 bridgehead atoms. The predicted molar refractivity (Wildman–Crippen MR) is 100 cm³/mol. The molecule has 2 heterocycles. The number of epoxide rings is 1. The van der Waals surface area contributed by atoms with Gasteiger partial charge in [-0.15, -0.1) is 0 Å². The van der Waals surface area contributed by atoms with Crippen molar-refractivity contribution in [3.05, 3.63) is 82.5 Å². The second-order valence-corrected chi connectivity index (χ2v) is 7.29. The molecule has 1 fully saturated rings. The third kappa shape index (κ3) is 3.77. The third-order valence-electron chi connectivity index (χ3n) is 5.36.